The first-order valence-corrected chi connectivity index (χ1v) is 8.33. The molecule has 0 bridgehead atoms. The van der Waals surface area contributed by atoms with E-state index in [1.165, 1.54) is 18.2 Å². The van der Waals surface area contributed by atoms with Crippen LogP contribution in [0.2, 0.25) is 10.0 Å². The van der Waals surface area contributed by atoms with Gasteiger partial charge in [0.15, 0.2) is 0 Å². The minimum atomic E-state index is -4.29. The van der Waals surface area contributed by atoms with Crippen LogP contribution in [-0.2, 0) is 14.8 Å². The van der Waals surface area contributed by atoms with Gasteiger partial charge in [-0.15, -0.1) is 0 Å². The van der Waals surface area contributed by atoms with E-state index in [0.29, 0.717) is 0 Å². The molecule has 0 spiro atoms. The molecule has 0 amide bonds. The number of ether oxygens (including phenoxy) is 1. The highest BCUT2D eigenvalue weighted by Crippen LogP contribution is 2.26. The van der Waals surface area contributed by atoms with E-state index in [1.54, 1.807) is 0 Å². The Morgan fingerprint density at radius 1 is 1.13 bits per heavy atom. The molecule has 9 heteroatoms. The van der Waals surface area contributed by atoms with Gasteiger partial charge in [-0.3, -0.25) is 4.72 Å². The fourth-order valence-electron chi connectivity index (χ4n) is 1.78. The summed E-state index contributed by atoms with van der Waals surface area (Å²) in [5.41, 5.74) is -0.0382. The number of hydrogen-bond donors (Lipinski definition) is 1. The van der Waals surface area contributed by atoms with Crippen LogP contribution in [0.1, 0.15) is 10.4 Å². The lowest BCUT2D eigenvalue weighted by Crippen LogP contribution is -2.16. The molecule has 0 radical (unpaired) electrons. The number of esters is 1. The summed E-state index contributed by atoms with van der Waals surface area (Å²) in [7, 11) is -3.16. The number of carbonyl (C=O) groups is 1. The number of sulfonamides is 1. The molecule has 0 unspecified atom stereocenters. The second-order valence-electron chi connectivity index (χ2n) is 4.40. The third kappa shape index (κ3) is 4.13. The molecule has 0 aliphatic carbocycles. The van der Waals surface area contributed by atoms with E-state index in [2.05, 4.69) is 9.46 Å². The van der Waals surface area contributed by atoms with Crippen LogP contribution >= 0.6 is 23.2 Å². The van der Waals surface area contributed by atoms with E-state index in [4.69, 9.17) is 23.2 Å². The Kier molecular flexibility index (Phi) is 5.13. The van der Waals surface area contributed by atoms with Crippen LogP contribution in [0.5, 0.6) is 0 Å². The van der Waals surface area contributed by atoms with Gasteiger partial charge in [0.05, 0.1) is 18.4 Å². The zero-order valence-electron chi connectivity index (χ0n) is 11.6. The molecule has 0 fully saturated rings. The SMILES string of the molecule is COC(=O)c1ccc(F)c(S(=O)(=O)Nc2cc(Cl)cc(Cl)c2)c1. The normalized spacial score (nSPS) is 11.1. The lowest BCUT2D eigenvalue weighted by atomic mass is 10.2. The standard InChI is InChI=1S/C14H10Cl2FNO4S/c1-22-14(19)8-2-3-12(17)13(4-8)23(20,21)18-11-6-9(15)5-10(16)7-11/h2-7,18H,1H3. The number of rotatable bonds is 4. The molecule has 0 saturated heterocycles. The molecule has 0 saturated carbocycles. The number of benzene rings is 2. The fraction of sp³-hybridized carbons (Fsp3) is 0.0714. The summed E-state index contributed by atoms with van der Waals surface area (Å²) in [4.78, 5) is 10.8. The molecule has 1 N–H and O–H groups in total. The van der Waals surface area contributed by atoms with Gasteiger partial charge < -0.3 is 4.74 Å². The molecule has 2 aromatic carbocycles. The van der Waals surface area contributed by atoms with Crippen molar-refractivity contribution in [3.8, 4) is 0 Å². The van der Waals surface area contributed by atoms with Crippen molar-refractivity contribution in [3.63, 3.8) is 0 Å². The highest BCUT2D eigenvalue weighted by Gasteiger charge is 2.22. The van der Waals surface area contributed by atoms with E-state index >= 15 is 0 Å². The molecule has 5 nitrogen and oxygen atoms in total. The van der Waals surface area contributed by atoms with E-state index in [0.717, 1.165) is 25.3 Å². The number of anilines is 1. The van der Waals surface area contributed by atoms with Crippen molar-refractivity contribution >= 4 is 44.9 Å². The summed E-state index contributed by atoms with van der Waals surface area (Å²) in [6, 6.07) is 6.91. The summed E-state index contributed by atoms with van der Waals surface area (Å²) in [5.74, 6) is -1.80. The predicted octanol–water partition coefficient (Wildman–Crippen LogP) is 3.72. The van der Waals surface area contributed by atoms with Gasteiger partial charge in [0.2, 0.25) is 0 Å². The molecule has 2 aromatic rings. The van der Waals surface area contributed by atoms with E-state index in [9.17, 15) is 17.6 Å². The number of halogens is 3. The molecule has 2 rings (SSSR count). The Morgan fingerprint density at radius 3 is 2.30 bits per heavy atom. The fourth-order valence-corrected chi connectivity index (χ4v) is 3.45. The lowest BCUT2D eigenvalue weighted by molar-refractivity contribution is 0.0600. The van der Waals surface area contributed by atoms with Gasteiger partial charge in [0.25, 0.3) is 10.0 Å². The largest absolute Gasteiger partial charge is 0.465 e. The number of carbonyl (C=O) groups excluding carboxylic acids is 1. The van der Waals surface area contributed by atoms with Gasteiger partial charge in [-0.1, -0.05) is 23.2 Å². The van der Waals surface area contributed by atoms with Crippen LogP contribution in [0.15, 0.2) is 41.3 Å². The molecular weight excluding hydrogens is 368 g/mol. The number of hydrogen-bond acceptors (Lipinski definition) is 4. The van der Waals surface area contributed by atoms with Gasteiger partial charge in [-0.25, -0.2) is 17.6 Å². The molecule has 23 heavy (non-hydrogen) atoms. The first-order valence-electron chi connectivity index (χ1n) is 6.10. The van der Waals surface area contributed by atoms with Crippen LogP contribution in [-0.4, -0.2) is 21.5 Å². The average Bonchev–Trinajstić information content (AvgIpc) is 2.45. The van der Waals surface area contributed by atoms with Gasteiger partial charge in [0, 0.05) is 10.0 Å². The van der Waals surface area contributed by atoms with Gasteiger partial charge in [0.1, 0.15) is 10.7 Å². The summed E-state index contributed by atoms with van der Waals surface area (Å²) in [6.07, 6.45) is 0. The Bertz CT molecular complexity index is 851. The topological polar surface area (TPSA) is 72.5 Å². The molecule has 0 aliphatic heterocycles. The number of methoxy groups -OCH3 is 1. The van der Waals surface area contributed by atoms with Gasteiger partial charge in [-0.2, -0.15) is 0 Å². The van der Waals surface area contributed by atoms with Gasteiger partial charge in [-0.05, 0) is 36.4 Å². The minimum absolute atomic E-state index is 0.0605. The summed E-state index contributed by atoms with van der Waals surface area (Å²) >= 11 is 11.6. The quantitative estimate of drug-likeness (QED) is 0.824. The van der Waals surface area contributed by atoms with Crippen molar-refractivity contribution in [2.75, 3.05) is 11.8 Å². The Balaban J connectivity index is 2.45. The Labute approximate surface area is 142 Å². The smallest absolute Gasteiger partial charge is 0.337 e. The molecule has 0 aromatic heterocycles. The molecule has 0 atom stereocenters. The van der Waals surface area contributed by atoms with Crippen LogP contribution in [0, 0.1) is 5.82 Å². The highest BCUT2D eigenvalue weighted by atomic mass is 35.5. The third-order valence-electron chi connectivity index (χ3n) is 2.76. The van der Waals surface area contributed by atoms with E-state index in [1.807, 2.05) is 0 Å². The maximum atomic E-state index is 13.9. The zero-order chi connectivity index (χ0) is 17.2. The molecule has 122 valence electrons. The minimum Gasteiger partial charge on any atom is -0.465 e. The van der Waals surface area contributed by atoms with Crippen LogP contribution in [0.3, 0.4) is 0 Å². The summed E-state index contributed by atoms with van der Waals surface area (Å²) in [6.45, 7) is 0. The second kappa shape index (κ2) is 6.74. The predicted molar refractivity (Wildman–Crippen MR) is 85.0 cm³/mol. The van der Waals surface area contributed by atoms with E-state index in [-0.39, 0.29) is 21.3 Å². The maximum Gasteiger partial charge on any atom is 0.337 e. The molecule has 0 aliphatic rings. The highest BCUT2D eigenvalue weighted by molar-refractivity contribution is 7.92. The second-order valence-corrected chi connectivity index (χ2v) is 6.92. The average molecular weight is 378 g/mol. The van der Waals surface area contributed by atoms with Crippen molar-refractivity contribution in [3.05, 3.63) is 57.8 Å². The lowest BCUT2D eigenvalue weighted by Gasteiger charge is -2.10. The third-order valence-corrected chi connectivity index (χ3v) is 4.59. The van der Waals surface area contributed by atoms with Crippen molar-refractivity contribution < 1.29 is 22.3 Å². The van der Waals surface area contributed by atoms with Crippen LogP contribution < -0.4 is 4.72 Å². The first-order chi connectivity index (χ1) is 10.7. The van der Waals surface area contributed by atoms with Crippen molar-refractivity contribution in [1.82, 2.24) is 0 Å². The molecule has 0 heterocycles. The van der Waals surface area contributed by atoms with Crippen molar-refractivity contribution in [1.29, 1.82) is 0 Å². The zero-order valence-corrected chi connectivity index (χ0v) is 14.0. The summed E-state index contributed by atoms with van der Waals surface area (Å²) < 4.78 is 45.1. The van der Waals surface area contributed by atoms with Crippen molar-refractivity contribution in [2.45, 2.75) is 4.90 Å². The first kappa shape index (κ1) is 17.5. The van der Waals surface area contributed by atoms with Crippen molar-refractivity contribution in [2.24, 2.45) is 0 Å². The Morgan fingerprint density at radius 2 is 1.74 bits per heavy atom. The summed E-state index contributed by atoms with van der Waals surface area (Å²) in [5, 5.41) is 0.415. The van der Waals surface area contributed by atoms with Gasteiger partial charge >= 0.3 is 5.97 Å². The van der Waals surface area contributed by atoms with Crippen LogP contribution in [0.25, 0.3) is 0 Å². The maximum absolute atomic E-state index is 13.9. The van der Waals surface area contributed by atoms with E-state index < -0.39 is 26.7 Å². The Hall–Kier alpha value is -1.83. The van der Waals surface area contributed by atoms with Crippen LogP contribution in [0.4, 0.5) is 10.1 Å². The monoisotopic (exact) mass is 377 g/mol. The number of nitrogens with one attached hydrogen (secondary N) is 1. The molecular formula is C14H10Cl2FNO4S.